The van der Waals surface area contributed by atoms with Crippen LogP contribution in [0.1, 0.15) is 42.6 Å². The molecule has 2 aliphatic heterocycles. The normalized spacial score (nSPS) is 24.3. The van der Waals surface area contributed by atoms with E-state index in [0.29, 0.717) is 6.04 Å². The summed E-state index contributed by atoms with van der Waals surface area (Å²) in [6.07, 6.45) is 6.85. The molecular weight excluding hydrogens is 356 g/mol. The Balaban J connectivity index is 1.56. The Morgan fingerprint density at radius 2 is 2.15 bits per heavy atom. The van der Waals surface area contributed by atoms with Gasteiger partial charge in [0.05, 0.1) is 24.5 Å². The Bertz CT molecular complexity index is 934. The van der Waals surface area contributed by atoms with E-state index in [1.54, 1.807) is 6.26 Å². The molecule has 0 spiro atoms. The summed E-state index contributed by atoms with van der Waals surface area (Å²) >= 11 is 1.88. The number of rotatable bonds is 5. The minimum absolute atomic E-state index is 0.0216. The fourth-order valence-electron chi connectivity index (χ4n) is 4.08. The highest BCUT2D eigenvalue weighted by Crippen LogP contribution is 2.48. The topological polar surface area (TPSA) is 46.6 Å². The van der Waals surface area contributed by atoms with Crippen molar-refractivity contribution >= 4 is 16.9 Å². The van der Waals surface area contributed by atoms with E-state index in [1.165, 1.54) is 5.69 Å². The van der Waals surface area contributed by atoms with Gasteiger partial charge < -0.3 is 13.9 Å². The van der Waals surface area contributed by atoms with Gasteiger partial charge in [0, 0.05) is 29.9 Å². The van der Waals surface area contributed by atoms with Gasteiger partial charge in [0.2, 0.25) is 0 Å². The molecule has 3 aromatic heterocycles. The average molecular weight is 379 g/mol. The summed E-state index contributed by atoms with van der Waals surface area (Å²) < 4.78 is 7.87. The number of thioether (sulfide) groups is 1. The highest BCUT2D eigenvalue weighted by Gasteiger charge is 2.46. The Hall–Kier alpha value is -2.47. The van der Waals surface area contributed by atoms with Gasteiger partial charge in [0.1, 0.15) is 11.8 Å². The first-order valence-corrected chi connectivity index (χ1v) is 10.4. The summed E-state index contributed by atoms with van der Waals surface area (Å²) in [4.78, 5) is 12.3. The SMILES string of the molecule is CC[C@H]1CSC2=N[C@H](c3ccccn3)[C@@H](c3cccn3Cc3ccco3)N21. The minimum Gasteiger partial charge on any atom is -0.467 e. The van der Waals surface area contributed by atoms with Crippen LogP contribution in [0.5, 0.6) is 0 Å². The zero-order valence-electron chi connectivity index (χ0n) is 15.2. The third-order valence-electron chi connectivity index (χ3n) is 5.40. The van der Waals surface area contributed by atoms with Crippen LogP contribution < -0.4 is 0 Å². The molecule has 0 amide bonds. The Labute approximate surface area is 163 Å². The number of hydrogen-bond acceptors (Lipinski definition) is 5. The highest BCUT2D eigenvalue weighted by molar-refractivity contribution is 8.14. The predicted octanol–water partition coefficient (Wildman–Crippen LogP) is 4.50. The van der Waals surface area contributed by atoms with E-state index >= 15 is 0 Å². The molecule has 5 nitrogen and oxygen atoms in total. The van der Waals surface area contributed by atoms with E-state index in [9.17, 15) is 0 Å². The zero-order valence-corrected chi connectivity index (χ0v) is 16.0. The molecule has 6 heteroatoms. The van der Waals surface area contributed by atoms with Gasteiger partial charge in [-0.15, -0.1) is 0 Å². The van der Waals surface area contributed by atoms with E-state index in [0.717, 1.165) is 35.3 Å². The van der Waals surface area contributed by atoms with Gasteiger partial charge in [-0.1, -0.05) is 24.8 Å². The summed E-state index contributed by atoms with van der Waals surface area (Å²) in [7, 11) is 0. The van der Waals surface area contributed by atoms with E-state index in [2.05, 4.69) is 51.8 Å². The first kappa shape index (κ1) is 16.7. The van der Waals surface area contributed by atoms with Crippen molar-refractivity contribution in [1.82, 2.24) is 14.5 Å². The fraction of sp³-hybridized carbons (Fsp3) is 0.333. The van der Waals surface area contributed by atoms with Gasteiger partial charge in [-0.3, -0.25) is 9.98 Å². The van der Waals surface area contributed by atoms with Gasteiger partial charge in [-0.2, -0.15) is 0 Å². The van der Waals surface area contributed by atoms with Gasteiger partial charge >= 0.3 is 0 Å². The Morgan fingerprint density at radius 3 is 2.93 bits per heavy atom. The lowest BCUT2D eigenvalue weighted by Gasteiger charge is -2.32. The van der Waals surface area contributed by atoms with E-state index < -0.39 is 0 Å². The molecule has 3 atom stereocenters. The van der Waals surface area contributed by atoms with Crippen molar-refractivity contribution in [2.24, 2.45) is 4.99 Å². The van der Waals surface area contributed by atoms with Crippen molar-refractivity contribution in [2.75, 3.05) is 5.75 Å². The quantitative estimate of drug-likeness (QED) is 0.656. The number of amidine groups is 1. The molecule has 0 unspecified atom stereocenters. The molecule has 0 bridgehead atoms. The number of aliphatic imine (C=N–C) groups is 1. The van der Waals surface area contributed by atoms with Crippen LogP contribution in [0.25, 0.3) is 0 Å². The molecule has 5 heterocycles. The van der Waals surface area contributed by atoms with Crippen LogP contribution in [-0.4, -0.2) is 31.4 Å². The molecule has 138 valence electrons. The van der Waals surface area contributed by atoms with Gasteiger partial charge in [0.25, 0.3) is 0 Å². The van der Waals surface area contributed by atoms with E-state index in [4.69, 9.17) is 9.41 Å². The first-order chi connectivity index (χ1) is 13.3. The molecule has 1 saturated heterocycles. The van der Waals surface area contributed by atoms with Crippen LogP contribution >= 0.6 is 11.8 Å². The van der Waals surface area contributed by atoms with Crippen molar-refractivity contribution in [3.63, 3.8) is 0 Å². The monoisotopic (exact) mass is 378 g/mol. The molecule has 0 radical (unpaired) electrons. The summed E-state index contributed by atoms with van der Waals surface area (Å²) in [5, 5.41) is 1.16. The van der Waals surface area contributed by atoms with Gasteiger partial charge in [-0.05, 0) is 42.8 Å². The second-order valence-electron chi connectivity index (χ2n) is 6.98. The predicted molar refractivity (Wildman–Crippen MR) is 108 cm³/mol. The molecular formula is C21H22N4OS. The van der Waals surface area contributed by atoms with Crippen LogP contribution in [0.2, 0.25) is 0 Å². The molecule has 5 rings (SSSR count). The lowest BCUT2D eigenvalue weighted by Crippen LogP contribution is -2.36. The van der Waals surface area contributed by atoms with Crippen molar-refractivity contribution in [1.29, 1.82) is 0 Å². The lowest BCUT2D eigenvalue weighted by atomic mass is 9.99. The van der Waals surface area contributed by atoms with E-state index in [1.807, 2.05) is 36.2 Å². The van der Waals surface area contributed by atoms with E-state index in [-0.39, 0.29) is 12.1 Å². The highest BCUT2D eigenvalue weighted by atomic mass is 32.2. The average Bonchev–Trinajstić information content (AvgIpc) is 3.47. The lowest BCUT2D eigenvalue weighted by molar-refractivity contribution is 0.245. The van der Waals surface area contributed by atoms with Crippen molar-refractivity contribution in [3.8, 4) is 0 Å². The van der Waals surface area contributed by atoms with Crippen LogP contribution in [0, 0.1) is 0 Å². The summed E-state index contributed by atoms with van der Waals surface area (Å²) in [5.41, 5.74) is 2.30. The Morgan fingerprint density at radius 1 is 1.19 bits per heavy atom. The number of pyridine rings is 1. The molecule has 0 saturated carbocycles. The van der Waals surface area contributed by atoms with Crippen molar-refractivity contribution in [2.45, 2.75) is 38.0 Å². The maximum absolute atomic E-state index is 5.59. The van der Waals surface area contributed by atoms with Crippen LogP contribution in [0.4, 0.5) is 0 Å². The molecule has 2 aliphatic rings. The standard InChI is InChI=1S/C21H22N4OS/c1-2-15-14-27-21-23-19(17-8-3-4-10-22-17)20(25(15)21)18-9-5-11-24(18)13-16-7-6-12-26-16/h3-12,15,19-20H,2,13-14H2,1H3/t15-,19+,20+/m0/s1. The molecule has 0 N–H and O–H groups in total. The molecule has 0 aliphatic carbocycles. The van der Waals surface area contributed by atoms with Gasteiger partial charge in [0.15, 0.2) is 5.17 Å². The fourth-order valence-corrected chi connectivity index (χ4v) is 5.42. The number of nitrogens with zero attached hydrogens (tertiary/aromatic N) is 4. The Kier molecular flexibility index (Phi) is 4.28. The number of furan rings is 1. The van der Waals surface area contributed by atoms with Crippen molar-refractivity contribution < 1.29 is 4.42 Å². The first-order valence-electron chi connectivity index (χ1n) is 9.42. The zero-order chi connectivity index (χ0) is 18.2. The molecule has 27 heavy (non-hydrogen) atoms. The molecule has 0 aromatic carbocycles. The smallest absolute Gasteiger partial charge is 0.160 e. The summed E-state index contributed by atoms with van der Waals surface area (Å²) in [6, 6.07) is 15.1. The second kappa shape index (κ2) is 6.93. The summed E-state index contributed by atoms with van der Waals surface area (Å²) in [6.45, 7) is 3.00. The maximum Gasteiger partial charge on any atom is 0.160 e. The number of aromatic nitrogens is 2. The van der Waals surface area contributed by atoms with Crippen LogP contribution in [-0.2, 0) is 6.54 Å². The largest absolute Gasteiger partial charge is 0.467 e. The van der Waals surface area contributed by atoms with Crippen LogP contribution in [0.15, 0.2) is 70.5 Å². The minimum atomic E-state index is 0.0216. The second-order valence-corrected chi connectivity index (χ2v) is 7.96. The number of fused-ring (bicyclic) bond motifs is 1. The van der Waals surface area contributed by atoms with Crippen LogP contribution in [0.3, 0.4) is 0 Å². The van der Waals surface area contributed by atoms with Crippen molar-refractivity contribution in [3.05, 3.63) is 78.3 Å². The third kappa shape index (κ3) is 2.88. The summed E-state index contributed by atoms with van der Waals surface area (Å²) in [5.74, 6) is 2.07. The van der Waals surface area contributed by atoms with Gasteiger partial charge in [-0.25, -0.2) is 0 Å². The molecule has 3 aromatic rings. The number of hydrogen-bond donors (Lipinski definition) is 0. The molecule has 1 fully saturated rings. The third-order valence-corrected chi connectivity index (χ3v) is 6.53. The maximum atomic E-state index is 5.59.